The topological polar surface area (TPSA) is 0 Å². The number of rotatable bonds is 1. The Morgan fingerprint density at radius 1 is 0.857 bits per heavy atom. The van der Waals surface area contributed by atoms with E-state index >= 15 is 0 Å². The minimum atomic E-state index is 0.861. The first-order valence-corrected chi connectivity index (χ1v) is 5.52. The van der Waals surface area contributed by atoms with Gasteiger partial charge in [0.2, 0.25) is 0 Å². The molecule has 1 aliphatic rings. The molecule has 0 atom stereocenters. The quantitative estimate of drug-likeness (QED) is 0.568. The molecule has 0 saturated heterocycles. The van der Waals surface area contributed by atoms with Crippen molar-refractivity contribution in [3.63, 3.8) is 0 Å². The average molecular weight is 188 g/mol. The predicted molar refractivity (Wildman–Crippen MR) is 63.5 cm³/mol. The maximum atomic E-state index is 3.00. The van der Waals surface area contributed by atoms with Crippen LogP contribution in [0.15, 0.2) is 43.5 Å². The molecule has 1 aliphatic carbocycles. The summed E-state index contributed by atoms with van der Waals surface area (Å²) in [5.41, 5.74) is 1.55. The largest absolute Gasteiger partial charge is 0.106 e. The smallest absolute Gasteiger partial charge is 0.0162 e. The number of benzene rings is 1. The van der Waals surface area contributed by atoms with E-state index in [0.717, 1.165) is 5.92 Å². The van der Waals surface area contributed by atoms with Gasteiger partial charge in [0.05, 0.1) is 0 Å². The Labute approximate surface area is 87.7 Å². The first-order valence-electron chi connectivity index (χ1n) is 5.52. The van der Waals surface area contributed by atoms with Crippen molar-refractivity contribution in [1.82, 2.24) is 0 Å². The molecule has 1 fully saturated rings. The number of hydrogen-bond donors (Lipinski definition) is 0. The molecule has 0 spiro atoms. The Morgan fingerprint density at radius 3 is 2.00 bits per heavy atom. The normalized spacial score (nSPS) is 16.9. The van der Waals surface area contributed by atoms with Gasteiger partial charge in [0.25, 0.3) is 0 Å². The molecular formula is C14H20. The summed E-state index contributed by atoms with van der Waals surface area (Å²) < 4.78 is 0. The zero-order valence-corrected chi connectivity index (χ0v) is 8.91. The molecule has 1 aromatic carbocycles. The monoisotopic (exact) mass is 188 g/mol. The van der Waals surface area contributed by atoms with Crippen LogP contribution in [0.3, 0.4) is 0 Å². The fourth-order valence-electron chi connectivity index (χ4n) is 2.16. The molecule has 0 aliphatic heterocycles. The summed E-state index contributed by atoms with van der Waals surface area (Å²) in [7, 11) is 0. The molecule has 1 aromatic rings. The van der Waals surface area contributed by atoms with Crippen molar-refractivity contribution >= 4 is 0 Å². The van der Waals surface area contributed by atoms with Gasteiger partial charge in [-0.2, -0.15) is 0 Å². The molecule has 0 radical (unpaired) electrons. The van der Waals surface area contributed by atoms with Crippen LogP contribution in [-0.2, 0) is 0 Å². The van der Waals surface area contributed by atoms with Gasteiger partial charge in [-0.1, -0.05) is 49.6 Å². The second-order valence-corrected chi connectivity index (χ2v) is 3.75. The zero-order valence-electron chi connectivity index (χ0n) is 8.91. The molecule has 0 aromatic heterocycles. The van der Waals surface area contributed by atoms with Crippen LogP contribution < -0.4 is 0 Å². The average Bonchev–Trinajstić information content (AvgIpc) is 2.34. The van der Waals surface area contributed by atoms with Gasteiger partial charge >= 0.3 is 0 Å². The summed E-state index contributed by atoms with van der Waals surface area (Å²) in [6.07, 6.45) is 7.12. The second-order valence-electron chi connectivity index (χ2n) is 3.75. The lowest BCUT2D eigenvalue weighted by Gasteiger charge is -2.21. The van der Waals surface area contributed by atoms with Crippen LogP contribution in [0.25, 0.3) is 0 Å². The molecule has 0 nitrogen and oxygen atoms in total. The molecule has 2 rings (SSSR count). The molecule has 0 heteroatoms. The van der Waals surface area contributed by atoms with Gasteiger partial charge in [0, 0.05) is 0 Å². The van der Waals surface area contributed by atoms with Crippen LogP contribution in [-0.4, -0.2) is 0 Å². The Balaban J connectivity index is 0.000000461. The van der Waals surface area contributed by atoms with E-state index in [0.29, 0.717) is 0 Å². The summed E-state index contributed by atoms with van der Waals surface area (Å²) in [6, 6.07) is 11.0. The van der Waals surface area contributed by atoms with Gasteiger partial charge in [-0.05, 0) is 24.3 Å². The van der Waals surface area contributed by atoms with E-state index in [1.165, 1.54) is 32.1 Å². The fourth-order valence-corrected chi connectivity index (χ4v) is 2.16. The molecule has 14 heavy (non-hydrogen) atoms. The lowest BCUT2D eigenvalue weighted by molar-refractivity contribution is 0.443. The minimum Gasteiger partial charge on any atom is -0.106 e. The van der Waals surface area contributed by atoms with Gasteiger partial charge in [-0.25, -0.2) is 0 Å². The van der Waals surface area contributed by atoms with Gasteiger partial charge < -0.3 is 0 Å². The standard InChI is InChI=1S/C12H16.C2H4/c1-3-7-11(8-4-1)12-9-5-2-6-10-12;1-2/h1,3-4,7-8,12H,2,5-6,9-10H2;1-2H2. The van der Waals surface area contributed by atoms with Crippen LogP contribution in [0, 0.1) is 0 Å². The summed E-state index contributed by atoms with van der Waals surface area (Å²) in [4.78, 5) is 0. The summed E-state index contributed by atoms with van der Waals surface area (Å²) >= 11 is 0. The fraction of sp³-hybridized carbons (Fsp3) is 0.429. The SMILES string of the molecule is C=C.c1ccc(C2CCCCC2)cc1. The molecule has 1 saturated carbocycles. The Hall–Kier alpha value is -1.04. The van der Waals surface area contributed by atoms with Gasteiger partial charge in [-0.15, -0.1) is 13.2 Å². The predicted octanol–water partition coefficient (Wildman–Crippen LogP) is 4.54. The highest BCUT2D eigenvalue weighted by Gasteiger charge is 2.14. The van der Waals surface area contributed by atoms with Crippen LogP contribution in [0.2, 0.25) is 0 Å². The Kier molecular flexibility index (Phi) is 5.06. The van der Waals surface area contributed by atoms with Gasteiger partial charge in [0.1, 0.15) is 0 Å². The minimum absolute atomic E-state index is 0.861. The van der Waals surface area contributed by atoms with Gasteiger partial charge in [0.15, 0.2) is 0 Å². The molecule has 0 heterocycles. The molecule has 0 bridgehead atoms. The third kappa shape index (κ3) is 3.02. The summed E-state index contributed by atoms with van der Waals surface area (Å²) in [6.45, 7) is 6.00. The van der Waals surface area contributed by atoms with Crippen molar-refractivity contribution < 1.29 is 0 Å². The van der Waals surface area contributed by atoms with E-state index in [4.69, 9.17) is 0 Å². The molecular weight excluding hydrogens is 168 g/mol. The highest BCUT2D eigenvalue weighted by molar-refractivity contribution is 5.19. The summed E-state index contributed by atoms with van der Waals surface area (Å²) in [5, 5.41) is 0. The van der Waals surface area contributed by atoms with Crippen molar-refractivity contribution in [2.45, 2.75) is 38.0 Å². The molecule has 0 N–H and O–H groups in total. The summed E-state index contributed by atoms with van der Waals surface area (Å²) in [5.74, 6) is 0.861. The maximum absolute atomic E-state index is 3.00. The van der Waals surface area contributed by atoms with E-state index in [1.54, 1.807) is 5.56 Å². The first-order chi connectivity index (χ1) is 6.97. The van der Waals surface area contributed by atoms with Crippen molar-refractivity contribution in [1.29, 1.82) is 0 Å². The lowest BCUT2D eigenvalue weighted by Crippen LogP contribution is -2.03. The van der Waals surface area contributed by atoms with Crippen molar-refractivity contribution in [3.8, 4) is 0 Å². The van der Waals surface area contributed by atoms with E-state index in [1.807, 2.05) is 0 Å². The molecule has 0 unspecified atom stereocenters. The maximum Gasteiger partial charge on any atom is -0.0162 e. The number of hydrogen-bond acceptors (Lipinski definition) is 0. The lowest BCUT2D eigenvalue weighted by atomic mass is 9.84. The van der Waals surface area contributed by atoms with E-state index < -0.39 is 0 Å². The van der Waals surface area contributed by atoms with Gasteiger partial charge in [-0.3, -0.25) is 0 Å². The van der Waals surface area contributed by atoms with E-state index in [9.17, 15) is 0 Å². The highest BCUT2D eigenvalue weighted by Crippen LogP contribution is 2.31. The van der Waals surface area contributed by atoms with E-state index in [2.05, 4.69) is 43.5 Å². The first kappa shape index (κ1) is 11.0. The second kappa shape index (κ2) is 6.42. The third-order valence-electron chi connectivity index (χ3n) is 2.88. The molecule has 76 valence electrons. The van der Waals surface area contributed by atoms with Crippen LogP contribution in [0.1, 0.15) is 43.6 Å². The third-order valence-corrected chi connectivity index (χ3v) is 2.88. The van der Waals surface area contributed by atoms with Crippen LogP contribution >= 0.6 is 0 Å². The van der Waals surface area contributed by atoms with Crippen LogP contribution in [0.5, 0.6) is 0 Å². The Morgan fingerprint density at radius 2 is 1.43 bits per heavy atom. The highest BCUT2D eigenvalue weighted by atomic mass is 14.2. The van der Waals surface area contributed by atoms with Crippen molar-refractivity contribution in [2.75, 3.05) is 0 Å². The van der Waals surface area contributed by atoms with Crippen LogP contribution in [0.4, 0.5) is 0 Å². The van der Waals surface area contributed by atoms with Crippen molar-refractivity contribution in [2.24, 2.45) is 0 Å². The molecule has 0 amide bonds. The van der Waals surface area contributed by atoms with Crippen molar-refractivity contribution in [3.05, 3.63) is 49.1 Å². The Bertz CT molecular complexity index is 231. The van der Waals surface area contributed by atoms with E-state index in [-0.39, 0.29) is 0 Å². The zero-order chi connectivity index (χ0) is 10.2.